The molecule has 4 aromatic rings. The third kappa shape index (κ3) is 4.19. The van der Waals surface area contributed by atoms with Crippen molar-refractivity contribution in [1.82, 2.24) is 4.98 Å². The first-order valence-electron chi connectivity index (χ1n) is 12.5. The van der Waals surface area contributed by atoms with Crippen LogP contribution in [0.5, 0.6) is 11.5 Å². The van der Waals surface area contributed by atoms with Crippen LogP contribution in [-0.2, 0) is 0 Å². The molecule has 0 bridgehead atoms. The SMILES string of the molecule is CCCOc1ccc(C2c3c(oc4cc(C)c(C)cc4c3=O)C(=O)N2c2nc(C)c(C)s2)cc1OCC. The molecular formula is C29H30N2O5S. The first kappa shape index (κ1) is 25.0. The zero-order valence-electron chi connectivity index (χ0n) is 21.9. The van der Waals surface area contributed by atoms with E-state index in [9.17, 15) is 9.59 Å². The van der Waals surface area contributed by atoms with Crippen molar-refractivity contribution >= 4 is 33.3 Å². The standard InChI is InChI=1S/C29H30N2O5S/c1-7-11-35-21-10-9-19(14-23(21)34-8-2)25-24-26(32)20-12-15(3)16(4)13-22(20)36-27(24)28(33)31(25)29-30-17(5)18(6)37-29/h9-10,12-14,25H,7-8,11H2,1-6H3. The predicted molar refractivity (Wildman–Crippen MR) is 146 cm³/mol. The van der Waals surface area contributed by atoms with Crippen molar-refractivity contribution < 1.29 is 18.7 Å². The Hall–Kier alpha value is -3.65. The molecule has 3 heterocycles. The summed E-state index contributed by atoms with van der Waals surface area (Å²) < 4.78 is 17.9. The predicted octanol–water partition coefficient (Wildman–Crippen LogP) is 6.42. The van der Waals surface area contributed by atoms with Crippen LogP contribution in [0.25, 0.3) is 11.0 Å². The number of aryl methyl sites for hydroxylation is 4. The van der Waals surface area contributed by atoms with Crippen LogP contribution in [0.1, 0.15) is 69.7 Å². The summed E-state index contributed by atoms with van der Waals surface area (Å²) in [5, 5.41) is 0.984. The highest BCUT2D eigenvalue weighted by Gasteiger charge is 2.45. The fourth-order valence-electron chi connectivity index (χ4n) is 4.59. The van der Waals surface area contributed by atoms with Crippen LogP contribution in [0.3, 0.4) is 0 Å². The topological polar surface area (TPSA) is 81.9 Å². The Balaban J connectivity index is 1.77. The van der Waals surface area contributed by atoms with Gasteiger partial charge < -0.3 is 13.9 Å². The molecule has 1 aliphatic heterocycles. The van der Waals surface area contributed by atoms with Crippen LogP contribution in [0, 0.1) is 27.7 Å². The van der Waals surface area contributed by atoms with Crippen molar-refractivity contribution in [3.63, 3.8) is 0 Å². The third-order valence-corrected chi connectivity index (χ3v) is 7.83. The number of aromatic nitrogens is 1. The van der Waals surface area contributed by atoms with Gasteiger partial charge in [0, 0.05) is 4.88 Å². The molecule has 0 saturated heterocycles. The van der Waals surface area contributed by atoms with Crippen LogP contribution in [0.15, 0.2) is 39.5 Å². The first-order chi connectivity index (χ1) is 17.7. The average molecular weight is 519 g/mol. The number of amides is 1. The van der Waals surface area contributed by atoms with E-state index < -0.39 is 6.04 Å². The lowest BCUT2D eigenvalue weighted by Crippen LogP contribution is -2.29. The summed E-state index contributed by atoms with van der Waals surface area (Å²) in [4.78, 5) is 35.1. The molecule has 0 saturated carbocycles. The van der Waals surface area contributed by atoms with Gasteiger partial charge in [0.25, 0.3) is 5.91 Å². The highest BCUT2D eigenvalue weighted by atomic mass is 32.1. The van der Waals surface area contributed by atoms with Gasteiger partial charge in [0.2, 0.25) is 5.76 Å². The van der Waals surface area contributed by atoms with E-state index in [-0.39, 0.29) is 17.1 Å². The van der Waals surface area contributed by atoms with Crippen molar-refractivity contribution in [2.75, 3.05) is 18.1 Å². The number of ether oxygens (including phenoxy) is 2. The highest BCUT2D eigenvalue weighted by Crippen LogP contribution is 2.44. The number of rotatable bonds is 7. The minimum atomic E-state index is -0.714. The molecule has 0 fully saturated rings. The fraction of sp³-hybridized carbons (Fsp3) is 0.345. The zero-order valence-corrected chi connectivity index (χ0v) is 22.7. The lowest BCUT2D eigenvalue weighted by molar-refractivity contribution is 0.0971. The molecule has 2 aromatic carbocycles. The van der Waals surface area contributed by atoms with E-state index in [4.69, 9.17) is 13.9 Å². The number of fused-ring (bicyclic) bond motifs is 2. The summed E-state index contributed by atoms with van der Waals surface area (Å²) in [7, 11) is 0. The number of thiazole rings is 1. The quantitative estimate of drug-likeness (QED) is 0.281. The Morgan fingerprint density at radius 1 is 1.00 bits per heavy atom. The average Bonchev–Trinajstić information content (AvgIpc) is 3.35. The second-order valence-electron chi connectivity index (χ2n) is 9.31. The molecule has 2 aromatic heterocycles. The molecule has 1 amide bonds. The minimum Gasteiger partial charge on any atom is -0.490 e. The van der Waals surface area contributed by atoms with Gasteiger partial charge in [-0.05, 0) is 82.0 Å². The van der Waals surface area contributed by atoms with Gasteiger partial charge in [0.15, 0.2) is 22.1 Å². The summed E-state index contributed by atoms with van der Waals surface area (Å²) in [6, 6.07) is 8.52. The molecule has 5 rings (SSSR count). The monoisotopic (exact) mass is 518 g/mol. The second-order valence-corrected chi connectivity index (χ2v) is 10.5. The van der Waals surface area contributed by atoms with Gasteiger partial charge in [0.1, 0.15) is 5.58 Å². The van der Waals surface area contributed by atoms with Gasteiger partial charge in [-0.1, -0.05) is 13.0 Å². The molecule has 7 nitrogen and oxygen atoms in total. The van der Waals surface area contributed by atoms with E-state index in [0.29, 0.717) is 46.4 Å². The third-order valence-electron chi connectivity index (χ3n) is 6.75. The molecule has 0 aliphatic carbocycles. The number of carbonyl (C=O) groups is 1. The van der Waals surface area contributed by atoms with Gasteiger partial charge in [-0.2, -0.15) is 0 Å². The number of hydrogen-bond acceptors (Lipinski definition) is 7. The smallest absolute Gasteiger partial charge is 0.297 e. The van der Waals surface area contributed by atoms with E-state index in [1.54, 1.807) is 4.90 Å². The van der Waals surface area contributed by atoms with Crippen molar-refractivity contribution in [3.05, 3.63) is 79.1 Å². The van der Waals surface area contributed by atoms with Crippen LogP contribution in [0.4, 0.5) is 5.13 Å². The van der Waals surface area contributed by atoms with E-state index in [1.807, 2.05) is 71.9 Å². The molecule has 37 heavy (non-hydrogen) atoms. The van der Waals surface area contributed by atoms with Gasteiger partial charge >= 0.3 is 0 Å². The molecule has 192 valence electrons. The molecule has 1 aliphatic rings. The summed E-state index contributed by atoms with van der Waals surface area (Å²) in [5.74, 6) is 0.870. The Morgan fingerprint density at radius 3 is 2.43 bits per heavy atom. The number of benzene rings is 2. The van der Waals surface area contributed by atoms with Gasteiger partial charge in [-0.15, -0.1) is 11.3 Å². The van der Waals surface area contributed by atoms with Crippen LogP contribution in [0.2, 0.25) is 0 Å². The van der Waals surface area contributed by atoms with E-state index in [0.717, 1.165) is 33.7 Å². The lowest BCUT2D eigenvalue weighted by Gasteiger charge is -2.23. The molecule has 1 unspecified atom stereocenters. The largest absolute Gasteiger partial charge is 0.490 e. The highest BCUT2D eigenvalue weighted by molar-refractivity contribution is 7.15. The van der Waals surface area contributed by atoms with Crippen molar-refractivity contribution in [2.45, 2.75) is 54.0 Å². The van der Waals surface area contributed by atoms with Crippen LogP contribution < -0.4 is 19.8 Å². The molecule has 8 heteroatoms. The number of anilines is 1. The molecular weight excluding hydrogens is 488 g/mol. The number of carbonyl (C=O) groups excluding carboxylic acids is 1. The van der Waals surface area contributed by atoms with Gasteiger partial charge in [-0.3, -0.25) is 14.5 Å². The normalized spacial score (nSPS) is 14.9. The molecule has 0 radical (unpaired) electrons. The van der Waals surface area contributed by atoms with Crippen LogP contribution >= 0.6 is 11.3 Å². The maximum absolute atomic E-state index is 14.0. The Morgan fingerprint density at radius 2 is 1.76 bits per heavy atom. The number of nitrogens with zero attached hydrogens (tertiary/aromatic N) is 2. The fourth-order valence-corrected chi connectivity index (χ4v) is 5.53. The Labute approximate surface area is 219 Å². The zero-order chi connectivity index (χ0) is 26.4. The van der Waals surface area contributed by atoms with Crippen LogP contribution in [-0.4, -0.2) is 24.1 Å². The Bertz CT molecular complexity index is 1570. The Kier molecular flexibility index (Phi) is 6.54. The lowest BCUT2D eigenvalue weighted by atomic mass is 9.97. The summed E-state index contributed by atoms with van der Waals surface area (Å²) in [5.41, 5.74) is 4.05. The van der Waals surface area contributed by atoms with Crippen molar-refractivity contribution in [3.8, 4) is 11.5 Å². The summed E-state index contributed by atoms with van der Waals surface area (Å²) in [6.07, 6.45) is 0.862. The first-order valence-corrected chi connectivity index (χ1v) is 13.3. The van der Waals surface area contributed by atoms with E-state index in [1.165, 1.54) is 11.3 Å². The molecule has 0 spiro atoms. The molecule has 1 atom stereocenters. The maximum Gasteiger partial charge on any atom is 0.297 e. The van der Waals surface area contributed by atoms with E-state index >= 15 is 0 Å². The van der Waals surface area contributed by atoms with Gasteiger partial charge in [-0.25, -0.2) is 4.98 Å². The van der Waals surface area contributed by atoms with Crippen molar-refractivity contribution in [2.24, 2.45) is 0 Å². The van der Waals surface area contributed by atoms with Gasteiger partial charge in [0.05, 0.1) is 35.9 Å². The van der Waals surface area contributed by atoms with E-state index in [2.05, 4.69) is 4.98 Å². The maximum atomic E-state index is 14.0. The summed E-state index contributed by atoms with van der Waals surface area (Å²) in [6.45, 7) is 12.7. The summed E-state index contributed by atoms with van der Waals surface area (Å²) >= 11 is 1.42. The van der Waals surface area contributed by atoms with Crippen molar-refractivity contribution in [1.29, 1.82) is 0 Å². The second kappa shape index (κ2) is 9.67. The minimum absolute atomic E-state index is 0.0560. The number of hydrogen-bond donors (Lipinski definition) is 0. The molecule has 0 N–H and O–H groups in total.